The Hall–Kier alpha value is -0.0800. The smallest absolute Gasteiger partial charge is 0.105 e. The van der Waals surface area contributed by atoms with Gasteiger partial charge in [0.2, 0.25) is 0 Å². The third-order valence-corrected chi connectivity index (χ3v) is 3.08. The number of rotatable bonds is 6. The molecule has 0 aliphatic rings. The molecule has 12 heavy (non-hydrogen) atoms. The van der Waals surface area contributed by atoms with Crippen LogP contribution in [0, 0.1) is 0 Å². The molecule has 0 rings (SSSR count). The fraction of sp³-hybridized carbons (Fsp3) is 1.00. The van der Waals surface area contributed by atoms with Gasteiger partial charge in [-0.05, 0) is 27.2 Å². The van der Waals surface area contributed by atoms with Crippen molar-refractivity contribution in [1.82, 2.24) is 0 Å². The third-order valence-electron chi connectivity index (χ3n) is 3.08. The first-order chi connectivity index (χ1) is 5.64. The van der Waals surface area contributed by atoms with E-state index in [0.29, 0.717) is 0 Å². The predicted molar refractivity (Wildman–Crippen MR) is 53.0 cm³/mol. The second-order valence-corrected chi connectivity index (χ2v) is 3.53. The summed E-state index contributed by atoms with van der Waals surface area (Å²) >= 11 is 0. The van der Waals surface area contributed by atoms with Gasteiger partial charge >= 0.3 is 0 Å². The second-order valence-electron chi connectivity index (χ2n) is 3.53. The molecule has 0 aliphatic carbocycles. The Morgan fingerprint density at radius 2 is 1.42 bits per heavy atom. The van der Waals surface area contributed by atoms with Crippen LogP contribution in [0.4, 0.5) is 0 Å². The van der Waals surface area contributed by atoms with E-state index in [2.05, 4.69) is 20.8 Å². The van der Waals surface area contributed by atoms with Gasteiger partial charge in [-0.25, -0.2) is 0 Å². The van der Waals surface area contributed by atoms with Gasteiger partial charge in [0, 0.05) is 0 Å². The van der Waals surface area contributed by atoms with Gasteiger partial charge in [-0.15, -0.1) is 0 Å². The van der Waals surface area contributed by atoms with Crippen molar-refractivity contribution in [2.45, 2.75) is 40.2 Å². The van der Waals surface area contributed by atoms with Gasteiger partial charge in [0.25, 0.3) is 0 Å². The summed E-state index contributed by atoms with van der Waals surface area (Å²) in [5.74, 6) is 0. The average molecular weight is 174 g/mol. The molecule has 0 bridgehead atoms. The van der Waals surface area contributed by atoms with Crippen LogP contribution in [-0.2, 0) is 0 Å². The minimum Gasteiger partial charge on any atom is -0.387 e. The van der Waals surface area contributed by atoms with E-state index in [1.807, 2.05) is 6.92 Å². The van der Waals surface area contributed by atoms with E-state index in [0.717, 1.165) is 37.1 Å². The predicted octanol–water partition coefficient (Wildman–Crippen LogP) is 1.63. The molecule has 74 valence electrons. The maximum Gasteiger partial charge on any atom is 0.105 e. The molecule has 0 aromatic heterocycles. The highest BCUT2D eigenvalue weighted by molar-refractivity contribution is 4.51. The minimum absolute atomic E-state index is 0.121. The molecule has 0 spiro atoms. The molecular weight excluding hydrogens is 150 g/mol. The van der Waals surface area contributed by atoms with Crippen molar-refractivity contribution in [2.24, 2.45) is 0 Å². The molecule has 0 aromatic carbocycles. The van der Waals surface area contributed by atoms with E-state index < -0.39 is 0 Å². The highest BCUT2D eigenvalue weighted by atomic mass is 16.3. The number of aliphatic hydroxyl groups excluding tert-OH is 1. The van der Waals surface area contributed by atoms with E-state index >= 15 is 0 Å². The molecule has 0 saturated heterocycles. The van der Waals surface area contributed by atoms with Gasteiger partial charge in [-0.1, -0.05) is 6.92 Å². The number of nitrogens with zero attached hydrogens (tertiary/aromatic N) is 1. The molecule has 2 heteroatoms. The van der Waals surface area contributed by atoms with Gasteiger partial charge in [0.1, 0.15) is 12.6 Å². The molecule has 0 aromatic rings. The van der Waals surface area contributed by atoms with E-state index in [4.69, 9.17) is 0 Å². The lowest BCUT2D eigenvalue weighted by Gasteiger charge is -2.37. The van der Waals surface area contributed by atoms with E-state index in [9.17, 15) is 5.11 Å². The standard InChI is InChI=1S/C10H24NO/c1-5-10(12)9-11(6-2,7-3)8-4/h10,12H,5-9H2,1-4H3/q+1. The SMILES string of the molecule is CCC(O)C[N+](CC)(CC)CC. The number of quaternary nitrogens is 1. The van der Waals surface area contributed by atoms with Crippen LogP contribution < -0.4 is 0 Å². The summed E-state index contributed by atoms with van der Waals surface area (Å²) in [7, 11) is 0. The zero-order chi connectivity index (χ0) is 9.61. The first-order valence-electron chi connectivity index (χ1n) is 5.17. The normalized spacial score (nSPS) is 14.8. The zero-order valence-electron chi connectivity index (χ0n) is 9.01. The Morgan fingerprint density at radius 1 is 1.00 bits per heavy atom. The Kier molecular flexibility index (Phi) is 5.51. The van der Waals surface area contributed by atoms with Crippen LogP contribution in [0.3, 0.4) is 0 Å². The van der Waals surface area contributed by atoms with Gasteiger partial charge in [0.15, 0.2) is 0 Å². The monoisotopic (exact) mass is 174 g/mol. The number of hydrogen-bond donors (Lipinski definition) is 1. The molecule has 1 unspecified atom stereocenters. The summed E-state index contributed by atoms with van der Waals surface area (Å²) in [6.07, 6.45) is 0.754. The van der Waals surface area contributed by atoms with Gasteiger partial charge in [-0.3, -0.25) is 0 Å². The number of likely N-dealkylation sites (N-methyl/N-ethyl adjacent to an activating group) is 1. The van der Waals surface area contributed by atoms with Crippen molar-refractivity contribution in [1.29, 1.82) is 0 Å². The Balaban J connectivity index is 4.09. The van der Waals surface area contributed by atoms with Crippen LogP contribution in [-0.4, -0.2) is 41.9 Å². The lowest BCUT2D eigenvalue weighted by Crippen LogP contribution is -2.51. The van der Waals surface area contributed by atoms with Gasteiger partial charge in [0.05, 0.1) is 19.6 Å². The molecule has 0 heterocycles. The molecule has 0 aliphatic heterocycles. The largest absolute Gasteiger partial charge is 0.387 e. The fourth-order valence-electron chi connectivity index (χ4n) is 1.63. The number of hydrogen-bond acceptors (Lipinski definition) is 1. The molecule has 0 amide bonds. The number of aliphatic hydroxyl groups is 1. The van der Waals surface area contributed by atoms with E-state index in [-0.39, 0.29) is 6.10 Å². The van der Waals surface area contributed by atoms with Crippen molar-refractivity contribution in [3.8, 4) is 0 Å². The minimum atomic E-state index is -0.121. The van der Waals surface area contributed by atoms with Crippen molar-refractivity contribution in [3.05, 3.63) is 0 Å². The van der Waals surface area contributed by atoms with Crippen LogP contribution >= 0.6 is 0 Å². The lowest BCUT2D eigenvalue weighted by atomic mass is 10.2. The van der Waals surface area contributed by atoms with E-state index in [1.54, 1.807) is 0 Å². The topological polar surface area (TPSA) is 20.2 Å². The highest BCUT2D eigenvalue weighted by Crippen LogP contribution is 2.08. The van der Waals surface area contributed by atoms with Crippen molar-refractivity contribution in [2.75, 3.05) is 26.2 Å². The first-order valence-corrected chi connectivity index (χ1v) is 5.17. The zero-order valence-corrected chi connectivity index (χ0v) is 9.01. The highest BCUT2D eigenvalue weighted by Gasteiger charge is 2.23. The maximum atomic E-state index is 9.57. The lowest BCUT2D eigenvalue weighted by molar-refractivity contribution is -0.926. The van der Waals surface area contributed by atoms with Crippen LogP contribution in [0.25, 0.3) is 0 Å². The summed E-state index contributed by atoms with van der Waals surface area (Å²) < 4.78 is 1.05. The molecule has 2 nitrogen and oxygen atoms in total. The van der Waals surface area contributed by atoms with E-state index in [1.165, 1.54) is 0 Å². The average Bonchev–Trinajstić information content (AvgIpc) is 2.14. The Morgan fingerprint density at radius 3 is 1.67 bits per heavy atom. The molecule has 1 N–H and O–H groups in total. The summed E-state index contributed by atoms with van der Waals surface area (Å²) in [6, 6.07) is 0. The van der Waals surface area contributed by atoms with Gasteiger partial charge in [-0.2, -0.15) is 0 Å². The van der Waals surface area contributed by atoms with Gasteiger partial charge < -0.3 is 9.59 Å². The molecule has 0 fully saturated rings. The second kappa shape index (κ2) is 5.55. The van der Waals surface area contributed by atoms with Crippen LogP contribution in [0.5, 0.6) is 0 Å². The van der Waals surface area contributed by atoms with Crippen LogP contribution in [0.15, 0.2) is 0 Å². The van der Waals surface area contributed by atoms with Crippen LogP contribution in [0.2, 0.25) is 0 Å². The molecule has 0 radical (unpaired) electrons. The quantitative estimate of drug-likeness (QED) is 0.607. The Labute approximate surface area is 76.8 Å². The summed E-state index contributed by atoms with van der Waals surface area (Å²) in [6.45, 7) is 13.0. The third kappa shape index (κ3) is 3.11. The van der Waals surface area contributed by atoms with Crippen molar-refractivity contribution >= 4 is 0 Å². The van der Waals surface area contributed by atoms with Crippen molar-refractivity contribution in [3.63, 3.8) is 0 Å². The molecular formula is C10H24NO+. The first kappa shape index (κ1) is 11.9. The summed E-state index contributed by atoms with van der Waals surface area (Å²) in [5, 5.41) is 9.57. The summed E-state index contributed by atoms with van der Waals surface area (Å²) in [4.78, 5) is 0. The molecule has 0 saturated carbocycles. The summed E-state index contributed by atoms with van der Waals surface area (Å²) in [5.41, 5.74) is 0. The maximum absolute atomic E-state index is 9.57. The molecule has 1 atom stereocenters. The van der Waals surface area contributed by atoms with Crippen LogP contribution in [0.1, 0.15) is 34.1 Å². The fourth-order valence-corrected chi connectivity index (χ4v) is 1.63. The van der Waals surface area contributed by atoms with Crippen molar-refractivity contribution < 1.29 is 9.59 Å². The Bertz CT molecular complexity index is 102.